The Morgan fingerprint density at radius 3 is 2.19 bits per heavy atom. The van der Waals surface area contributed by atoms with Gasteiger partial charge in [0.1, 0.15) is 5.75 Å². The van der Waals surface area contributed by atoms with Gasteiger partial charge >= 0.3 is 5.97 Å². The van der Waals surface area contributed by atoms with Gasteiger partial charge in [0.05, 0.1) is 20.1 Å². The number of amides is 1. The average molecular weight is 355 g/mol. The maximum absolute atomic E-state index is 12.2. The van der Waals surface area contributed by atoms with Crippen LogP contribution in [0.3, 0.4) is 0 Å². The Kier molecular flexibility index (Phi) is 7.21. The van der Waals surface area contributed by atoms with E-state index < -0.39 is 12.0 Å². The van der Waals surface area contributed by atoms with Crippen LogP contribution in [0, 0.1) is 0 Å². The quantitative estimate of drug-likeness (QED) is 0.735. The summed E-state index contributed by atoms with van der Waals surface area (Å²) in [6, 6.07) is 16.0. The largest absolute Gasteiger partial charge is 0.493 e. The first-order valence-corrected chi connectivity index (χ1v) is 8.66. The van der Waals surface area contributed by atoms with Gasteiger partial charge in [-0.1, -0.05) is 56.3 Å². The van der Waals surface area contributed by atoms with Crippen LogP contribution in [-0.4, -0.2) is 25.6 Å². The Balaban J connectivity index is 1.87. The number of rotatable bonds is 8. The second-order valence-corrected chi connectivity index (χ2v) is 6.26. The number of esters is 1. The number of ether oxygens (including phenoxy) is 2. The van der Waals surface area contributed by atoms with Gasteiger partial charge in [0.2, 0.25) is 5.91 Å². The molecule has 0 saturated heterocycles. The lowest BCUT2D eigenvalue weighted by Crippen LogP contribution is -2.35. The Hall–Kier alpha value is -2.82. The molecule has 0 aliphatic carbocycles. The molecule has 1 N–H and O–H groups in total. The second kappa shape index (κ2) is 9.61. The fourth-order valence-corrected chi connectivity index (χ4v) is 2.49. The van der Waals surface area contributed by atoms with Crippen molar-refractivity contribution in [1.29, 1.82) is 0 Å². The van der Waals surface area contributed by atoms with Gasteiger partial charge < -0.3 is 14.8 Å². The number of nitrogens with one attached hydrogen (secondary N) is 1. The van der Waals surface area contributed by atoms with Crippen LogP contribution in [0.1, 0.15) is 43.4 Å². The normalized spacial score (nSPS) is 11.7. The van der Waals surface area contributed by atoms with Crippen LogP contribution in [0.15, 0.2) is 54.6 Å². The standard InChI is InChI=1S/C21H25NO4/c1-15(2)16-9-11-18(12-10-16)26-14-13-19(23)22-20(21(24)25-3)17-7-5-4-6-8-17/h4-12,15,20H,13-14H2,1-3H3,(H,22,23). The van der Waals surface area contributed by atoms with E-state index in [1.807, 2.05) is 30.3 Å². The molecule has 1 unspecified atom stereocenters. The number of methoxy groups -OCH3 is 1. The lowest BCUT2D eigenvalue weighted by Gasteiger charge is -2.17. The van der Waals surface area contributed by atoms with Crippen LogP contribution in [0.25, 0.3) is 0 Å². The maximum Gasteiger partial charge on any atom is 0.333 e. The molecule has 0 spiro atoms. The Bertz CT molecular complexity index is 711. The van der Waals surface area contributed by atoms with E-state index in [0.717, 1.165) is 5.75 Å². The third-order valence-corrected chi connectivity index (χ3v) is 4.02. The van der Waals surface area contributed by atoms with E-state index in [4.69, 9.17) is 9.47 Å². The number of hydrogen-bond donors (Lipinski definition) is 1. The van der Waals surface area contributed by atoms with Crippen LogP contribution in [-0.2, 0) is 14.3 Å². The number of carbonyl (C=O) groups excluding carboxylic acids is 2. The van der Waals surface area contributed by atoms with Gasteiger partial charge in [0.25, 0.3) is 0 Å². The summed E-state index contributed by atoms with van der Waals surface area (Å²) in [5.74, 6) is 0.399. The maximum atomic E-state index is 12.2. The molecule has 2 rings (SSSR count). The second-order valence-electron chi connectivity index (χ2n) is 6.26. The molecular formula is C21H25NO4. The van der Waals surface area contributed by atoms with E-state index in [2.05, 4.69) is 19.2 Å². The summed E-state index contributed by atoms with van der Waals surface area (Å²) in [5, 5.41) is 2.70. The first kappa shape index (κ1) is 19.5. The van der Waals surface area contributed by atoms with Gasteiger partial charge in [0.15, 0.2) is 6.04 Å². The summed E-state index contributed by atoms with van der Waals surface area (Å²) in [7, 11) is 1.30. The molecule has 1 atom stereocenters. The van der Waals surface area contributed by atoms with Crippen LogP contribution >= 0.6 is 0 Å². The van der Waals surface area contributed by atoms with Crippen LogP contribution in [0.2, 0.25) is 0 Å². The third-order valence-electron chi connectivity index (χ3n) is 4.02. The Morgan fingerprint density at radius 1 is 0.962 bits per heavy atom. The predicted molar refractivity (Wildman–Crippen MR) is 100.0 cm³/mol. The molecule has 5 nitrogen and oxygen atoms in total. The van der Waals surface area contributed by atoms with Crippen molar-refractivity contribution in [1.82, 2.24) is 5.32 Å². The average Bonchev–Trinajstić information content (AvgIpc) is 2.66. The van der Waals surface area contributed by atoms with Crippen molar-refractivity contribution in [2.24, 2.45) is 0 Å². The minimum absolute atomic E-state index is 0.145. The molecule has 0 radical (unpaired) electrons. The summed E-state index contributed by atoms with van der Waals surface area (Å²) in [6.07, 6.45) is 0.145. The molecule has 0 aliphatic rings. The highest BCUT2D eigenvalue weighted by molar-refractivity contribution is 5.85. The third kappa shape index (κ3) is 5.62. The summed E-state index contributed by atoms with van der Waals surface area (Å²) in [4.78, 5) is 24.1. The summed E-state index contributed by atoms with van der Waals surface area (Å²) < 4.78 is 10.4. The molecule has 1 amide bonds. The highest BCUT2D eigenvalue weighted by Crippen LogP contribution is 2.19. The molecule has 138 valence electrons. The van der Waals surface area contributed by atoms with Crippen molar-refractivity contribution in [3.63, 3.8) is 0 Å². The summed E-state index contributed by atoms with van der Waals surface area (Å²) in [5.41, 5.74) is 1.91. The van der Waals surface area contributed by atoms with E-state index in [-0.39, 0.29) is 18.9 Å². The lowest BCUT2D eigenvalue weighted by atomic mass is 10.0. The highest BCUT2D eigenvalue weighted by atomic mass is 16.5. The van der Waals surface area contributed by atoms with Gasteiger partial charge in [0, 0.05) is 0 Å². The van der Waals surface area contributed by atoms with Crippen molar-refractivity contribution in [2.75, 3.05) is 13.7 Å². The minimum atomic E-state index is -0.820. The van der Waals surface area contributed by atoms with E-state index in [1.54, 1.807) is 24.3 Å². The van der Waals surface area contributed by atoms with Gasteiger partial charge in [-0.3, -0.25) is 4.79 Å². The van der Waals surface area contributed by atoms with Crippen molar-refractivity contribution >= 4 is 11.9 Å². The molecule has 0 aromatic heterocycles. The van der Waals surface area contributed by atoms with Crippen molar-refractivity contribution < 1.29 is 19.1 Å². The number of benzene rings is 2. The molecule has 0 fully saturated rings. The van der Waals surface area contributed by atoms with Crippen molar-refractivity contribution in [2.45, 2.75) is 32.2 Å². The minimum Gasteiger partial charge on any atom is -0.493 e. The zero-order chi connectivity index (χ0) is 18.9. The fraction of sp³-hybridized carbons (Fsp3) is 0.333. The van der Waals surface area contributed by atoms with E-state index >= 15 is 0 Å². The van der Waals surface area contributed by atoms with Crippen molar-refractivity contribution in [3.05, 3.63) is 65.7 Å². The topological polar surface area (TPSA) is 64.6 Å². The number of carbonyl (C=O) groups is 2. The predicted octanol–water partition coefficient (Wildman–Crippen LogP) is 3.61. The monoisotopic (exact) mass is 355 g/mol. The first-order chi connectivity index (χ1) is 12.5. The molecule has 0 bridgehead atoms. The molecule has 0 aliphatic heterocycles. The van der Waals surface area contributed by atoms with Gasteiger partial charge in [-0.05, 0) is 29.2 Å². The first-order valence-electron chi connectivity index (χ1n) is 8.66. The lowest BCUT2D eigenvalue weighted by molar-refractivity contribution is -0.145. The molecule has 0 heterocycles. The molecule has 2 aromatic rings. The molecule has 2 aromatic carbocycles. The van der Waals surface area contributed by atoms with Crippen LogP contribution in [0.5, 0.6) is 5.75 Å². The zero-order valence-electron chi connectivity index (χ0n) is 15.4. The Labute approximate surface area is 154 Å². The summed E-state index contributed by atoms with van der Waals surface area (Å²) in [6.45, 7) is 4.49. The Morgan fingerprint density at radius 2 is 1.62 bits per heavy atom. The highest BCUT2D eigenvalue weighted by Gasteiger charge is 2.23. The molecular weight excluding hydrogens is 330 g/mol. The van der Waals surface area contributed by atoms with Crippen LogP contribution < -0.4 is 10.1 Å². The summed E-state index contributed by atoms with van der Waals surface area (Å²) >= 11 is 0. The van der Waals surface area contributed by atoms with E-state index in [0.29, 0.717) is 11.5 Å². The molecule has 5 heteroatoms. The van der Waals surface area contributed by atoms with Crippen molar-refractivity contribution in [3.8, 4) is 5.75 Å². The van der Waals surface area contributed by atoms with Gasteiger partial charge in [-0.2, -0.15) is 0 Å². The van der Waals surface area contributed by atoms with Gasteiger partial charge in [-0.15, -0.1) is 0 Å². The molecule has 0 saturated carbocycles. The van der Waals surface area contributed by atoms with E-state index in [1.165, 1.54) is 12.7 Å². The smallest absolute Gasteiger partial charge is 0.333 e. The van der Waals surface area contributed by atoms with Gasteiger partial charge in [-0.25, -0.2) is 4.79 Å². The zero-order valence-corrected chi connectivity index (χ0v) is 15.4. The van der Waals surface area contributed by atoms with E-state index in [9.17, 15) is 9.59 Å². The SMILES string of the molecule is COC(=O)C(NC(=O)CCOc1ccc(C(C)C)cc1)c1ccccc1. The fourth-order valence-electron chi connectivity index (χ4n) is 2.49. The number of hydrogen-bond acceptors (Lipinski definition) is 4. The molecule has 26 heavy (non-hydrogen) atoms. The van der Waals surface area contributed by atoms with Crippen LogP contribution in [0.4, 0.5) is 0 Å².